The standard InChI is InChI=1S/C22H24N4O/c1-17-23-14-16-25(17)21-11-5-9-19(24-21)20-10-6-15-26(20)22(27)13-12-18-7-3-2-4-8-18/h2-5,7-9,11,14,16,20H,6,10,12-13,15H2,1H3. The molecule has 4 rings (SSSR count). The number of amides is 1. The Hall–Kier alpha value is -2.95. The number of hydrogen-bond acceptors (Lipinski definition) is 3. The molecule has 0 saturated carbocycles. The first-order valence-electron chi connectivity index (χ1n) is 9.53. The summed E-state index contributed by atoms with van der Waals surface area (Å²) >= 11 is 0. The molecule has 1 saturated heterocycles. The topological polar surface area (TPSA) is 51.0 Å². The van der Waals surface area contributed by atoms with E-state index in [9.17, 15) is 4.79 Å². The lowest BCUT2D eigenvalue weighted by Gasteiger charge is -2.25. The van der Waals surface area contributed by atoms with Crippen LogP contribution in [0.1, 0.15) is 42.4 Å². The fourth-order valence-electron chi connectivity index (χ4n) is 3.79. The van der Waals surface area contributed by atoms with E-state index < -0.39 is 0 Å². The number of aryl methyl sites for hydroxylation is 2. The van der Waals surface area contributed by atoms with Crippen LogP contribution in [0.3, 0.4) is 0 Å². The molecular weight excluding hydrogens is 336 g/mol. The van der Waals surface area contributed by atoms with Gasteiger partial charge in [0.15, 0.2) is 0 Å². The van der Waals surface area contributed by atoms with Gasteiger partial charge in [-0.15, -0.1) is 0 Å². The molecule has 1 aliphatic rings. The zero-order chi connectivity index (χ0) is 18.6. The SMILES string of the molecule is Cc1nccn1-c1cccc(C2CCCN2C(=O)CCc2ccccc2)n1. The smallest absolute Gasteiger partial charge is 0.223 e. The average molecular weight is 360 g/mol. The van der Waals surface area contributed by atoms with E-state index in [0.29, 0.717) is 6.42 Å². The zero-order valence-corrected chi connectivity index (χ0v) is 15.6. The van der Waals surface area contributed by atoms with Gasteiger partial charge in [0.25, 0.3) is 0 Å². The number of benzene rings is 1. The molecule has 1 amide bonds. The number of nitrogens with zero attached hydrogens (tertiary/aromatic N) is 4. The van der Waals surface area contributed by atoms with E-state index in [2.05, 4.69) is 17.1 Å². The highest BCUT2D eigenvalue weighted by atomic mass is 16.2. The molecule has 0 N–H and O–H groups in total. The van der Waals surface area contributed by atoms with Crippen molar-refractivity contribution in [1.82, 2.24) is 19.4 Å². The van der Waals surface area contributed by atoms with Crippen molar-refractivity contribution in [2.24, 2.45) is 0 Å². The van der Waals surface area contributed by atoms with Crippen LogP contribution in [0.2, 0.25) is 0 Å². The molecule has 5 heteroatoms. The third kappa shape index (κ3) is 3.77. The molecule has 5 nitrogen and oxygen atoms in total. The number of carbonyl (C=O) groups is 1. The maximum Gasteiger partial charge on any atom is 0.223 e. The summed E-state index contributed by atoms with van der Waals surface area (Å²) in [4.78, 5) is 24.0. The molecule has 3 heterocycles. The van der Waals surface area contributed by atoms with Gasteiger partial charge in [-0.3, -0.25) is 9.36 Å². The van der Waals surface area contributed by atoms with Crippen LogP contribution in [0.25, 0.3) is 5.82 Å². The van der Waals surface area contributed by atoms with Gasteiger partial charge in [-0.05, 0) is 43.9 Å². The molecule has 2 aromatic heterocycles. The number of aromatic nitrogens is 3. The van der Waals surface area contributed by atoms with Crippen molar-refractivity contribution in [3.8, 4) is 5.82 Å². The van der Waals surface area contributed by atoms with E-state index >= 15 is 0 Å². The van der Waals surface area contributed by atoms with Gasteiger partial charge in [-0.2, -0.15) is 0 Å². The largest absolute Gasteiger partial charge is 0.334 e. The lowest BCUT2D eigenvalue weighted by molar-refractivity contribution is -0.132. The second-order valence-corrected chi connectivity index (χ2v) is 7.00. The maximum absolute atomic E-state index is 12.9. The normalized spacial score (nSPS) is 16.6. The second kappa shape index (κ2) is 7.74. The Kier molecular flexibility index (Phi) is 5.01. The van der Waals surface area contributed by atoms with Gasteiger partial charge < -0.3 is 4.90 Å². The van der Waals surface area contributed by atoms with Crippen molar-refractivity contribution in [1.29, 1.82) is 0 Å². The van der Waals surface area contributed by atoms with Gasteiger partial charge in [0, 0.05) is 25.4 Å². The lowest BCUT2D eigenvalue weighted by Crippen LogP contribution is -2.31. The van der Waals surface area contributed by atoms with Gasteiger partial charge in [-0.1, -0.05) is 36.4 Å². The minimum Gasteiger partial charge on any atom is -0.334 e. The van der Waals surface area contributed by atoms with E-state index in [1.54, 1.807) is 6.20 Å². The molecule has 0 aliphatic carbocycles. The summed E-state index contributed by atoms with van der Waals surface area (Å²) in [5.74, 6) is 1.97. The fourth-order valence-corrected chi connectivity index (χ4v) is 3.79. The lowest BCUT2D eigenvalue weighted by atomic mass is 10.1. The van der Waals surface area contributed by atoms with Crippen molar-refractivity contribution < 1.29 is 4.79 Å². The number of carbonyl (C=O) groups excluding carboxylic acids is 1. The molecule has 27 heavy (non-hydrogen) atoms. The summed E-state index contributed by atoms with van der Waals surface area (Å²) < 4.78 is 1.97. The molecule has 1 aliphatic heterocycles. The molecular formula is C22H24N4O. The molecule has 0 radical (unpaired) electrons. The highest BCUT2D eigenvalue weighted by Crippen LogP contribution is 2.32. The summed E-state index contributed by atoms with van der Waals surface area (Å²) in [6, 6.07) is 16.3. The molecule has 1 unspecified atom stereocenters. The van der Waals surface area contributed by atoms with Crippen LogP contribution in [-0.2, 0) is 11.2 Å². The quantitative estimate of drug-likeness (QED) is 0.694. The molecule has 0 bridgehead atoms. The van der Waals surface area contributed by atoms with Gasteiger partial charge in [-0.25, -0.2) is 9.97 Å². The van der Waals surface area contributed by atoms with Crippen LogP contribution < -0.4 is 0 Å². The first-order valence-corrected chi connectivity index (χ1v) is 9.53. The highest BCUT2D eigenvalue weighted by Gasteiger charge is 2.30. The molecule has 3 aromatic rings. The highest BCUT2D eigenvalue weighted by molar-refractivity contribution is 5.77. The first kappa shape index (κ1) is 17.5. The summed E-state index contributed by atoms with van der Waals surface area (Å²) in [5.41, 5.74) is 2.17. The number of rotatable bonds is 5. The van der Waals surface area contributed by atoms with Gasteiger partial charge in [0.2, 0.25) is 5.91 Å². The van der Waals surface area contributed by atoms with Crippen molar-refractivity contribution >= 4 is 5.91 Å². The van der Waals surface area contributed by atoms with Gasteiger partial charge >= 0.3 is 0 Å². The van der Waals surface area contributed by atoms with Crippen LogP contribution >= 0.6 is 0 Å². The van der Waals surface area contributed by atoms with Crippen LogP contribution in [0.4, 0.5) is 0 Å². The monoisotopic (exact) mass is 360 g/mol. The molecule has 0 spiro atoms. The van der Waals surface area contributed by atoms with Crippen LogP contribution in [0.15, 0.2) is 60.9 Å². The Labute approximate surface area is 159 Å². The van der Waals surface area contributed by atoms with E-state index in [4.69, 9.17) is 4.98 Å². The molecule has 1 aromatic carbocycles. The molecule has 1 atom stereocenters. The Morgan fingerprint density at radius 2 is 2.00 bits per heavy atom. The number of pyridine rings is 1. The van der Waals surface area contributed by atoms with Crippen LogP contribution in [-0.4, -0.2) is 31.9 Å². The minimum absolute atomic E-state index is 0.0667. The van der Waals surface area contributed by atoms with Crippen molar-refractivity contribution in [2.75, 3.05) is 6.54 Å². The summed E-state index contributed by atoms with van der Waals surface area (Å²) in [7, 11) is 0. The van der Waals surface area contributed by atoms with Crippen molar-refractivity contribution in [3.63, 3.8) is 0 Å². The third-order valence-electron chi connectivity index (χ3n) is 5.21. The van der Waals surface area contributed by atoms with Crippen molar-refractivity contribution in [3.05, 3.63) is 78.0 Å². The predicted octanol–water partition coefficient (Wildman–Crippen LogP) is 3.87. The summed E-state index contributed by atoms with van der Waals surface area (Å²) in [6.07, 6.45) is 7.01. The third-order valence-corrected chi connectivity index (χ3v) is 5.21. The predicted molar refractivity (Wildman–Crippen MR) is 105 cm³/mol. The summed E-state index contributed by atoms with van der Waals surface area (Å²) in [5, 5.41) is 0. The first-order chi connectivity index (χ1) is 13.2. The minimum atomic E-state index is 0.0667. The molecule has 138 valence electrons. The Morgan fingerprint density at radius 1 is 1.15 bits per heavy atom. The van der Waals surface area contributed by atoms with Gasteiger partial charge in [0.05, 0.1) is 11.7 Å². The summed E-state index contributed by atoms with van der Waals surface area (Å²) in [6.45, 7) is 2.78. The van der Waals surface area contributed by atoms with Crippen LogP contribution in [0.5, 0.6) is 0 Å². The van der Waals surface area contributed by atoms with Gasteiger partial charge in [0.1, 0.15) is 11.6 Å². The maximum atomic E-state index is 12.9. The van der Waals surface area contributed by atoms with E-state index in [-0.39, 0.29) is 11.9 Å². The second-order valence-electron chi connectivity index (χ2n) is 7.00. The van der Waals surface area contributed by atoms with E-state index in [0.717, 1.165) is 43.1 Å². The fraction of sp³-hybridized carbons (Fsp3) is 0.318. The van der Waals surface area contributed by atoms with E-state index in [1.165, 1.54) is 5.56 Å². The Morgan fingerprint density at radius 3 is 2.78 bits per heavy atom. The Balaban J connectivity index is 1.50. The molecule has 1 fully saturated rings. The Bertz CT molecular complexity index is 919. The zero-order valence-electron chi connectivity index (χ0n) is 15.6. The van der Waals surface area contributed by atoms with Crippen molar-refractivity contribution in [2.45, 2.75) is 38.6 Å². The number of likely N-dealkylation sites (tertiary alicyclic amines) is 1. The average Bonchev–Trinajstić information content (AvgIpc) is 3.36. The number of hydrogen-bond donors (Lipinski definition) is 0. The number of imidazole rings is 1. The van der Waals surface area contributed by atoms with E-state index in [1.807, 2.05) is 59.0 Å². The van der Waals surface area contributed by atoms with Crippen LogP contribution in [0, 0.1) is 6.92 Å².